The average molecular weight is 338 g/mol. The van der Waals surface area contributed by atoms with Crippen LogP contribution in [-0.2, 0) is 0 Å². The lowest BCUT2D eigenvalue weighted by Gasteiger charge is -2.04. The van der Waals surface area contributed by atoms with E-state index in [1.807, 2.05) is 57.2 Å². The van der Waals surface area contributed by atoms with Crippen molar-refractivity contribution in [2.24, 2.45) is 0 Å². The third-order valence-corrected chi connectivity index (χ3v) is 4.53. The Bertz CT molecular complexity index is 871. The second-order valence-corrected chi connectivity index (χ2v) is 6.60. The summed E-state index contributed by atoms with van der Waals surface area (Å²) in [7, 11) is 0. The molecule has 0 aliphatic carbocycles. The fourth-order valence-electron chi connectivity index (χ4n) is 2.20. The van der Waals surface area contributed by atoms with Gasteiger partial charge in [0.2, 0.25) is 0 Å². The van der Waals surface area contributed by atoms with E-state index in [0.717, 1.165) is 16.8 Å². The minimum Gasteiger partial charge on any atom is -0.321 e. The number of amides is 1. The summed E-state index contributed by atoms with van der Waals surface area (Å²) in [6.07, 6.45) is 1.74. The summed E-state index contributed by atoms with van der Waals surface area (Å²) in [6, 6.07) is 11.6. The number of carbonyl (C=O) groups is 1. The van der Waals surface area contributed by atoms with Gasteiger partial charge in [-0.2, -0.15) is 0 Å². The lowest BCUT2D eigenvalue weighted by atomic mass is 10.2. The van der Waals surface area contributed by atoms with Gasteiger partial charge >= 0.3 is 0 Å². The van der Waals surface area contributed by atoms with Crippen molar-refractivity contribution in [3.05, 3.63) is 64.3 Å². The zero-order valence-corrected chi connectivity index (χ0v) is 14.6. The second-order valence-electron chi connectivity index (χ2n) is 5.60. The molecule has 0 saturated carbocycles. The molecular formula is C18H18N4OS. The van der Waals surface area contributed by atoms with E-state index in [4.69, 9.17) is 0 Å². The average Bonchev–Trinajstić information content (AvgIpc) is 2.90. The van der Waals surface area contributed by atoms with Gasteiger partial charge in [-0.15, -0.1) is 0 Å². The summed E-state index contributed by atoms with van der Waals surface area (Å²) in [5.41, 5.74) is 3.73. The first-order chi connectivity index (χ1) is 11.5. The number of rotatable bonds is 4. The quantitative estimate of drug-likeness (QED) is 0.737. The Morgan fingerprint density at radius 2 is 1.79 bits per heavy atom. The van der Waals surface area contributed by atoms with Crippen LogP contribution in [0, 0.1) is 20.8 Å². The number of carbonyl (C=O) groups excluding carboxylic acids is 1. The molecule has 0 saturated heterocycles. The summed E-state index contributed by atoms with van der Waals surface area (Å²) in [6.45, 7) is 5.84. The molecule has 0 spiro atoms. The van der Waals surface area contributed by atoms with Crippen LogP contribution in [0.2, 0.25) is 0 Å². The number of anilines is 3. The van der Waals surface area contributed by atoms with Crippen LogP contribution in [0.3, 0.4) is 0 Å². The van der Waals surface area contributed by atoms with E-state index in [0.29, 0.717) is 21.5 Å². The highest BCUT2D eigenvalue weighted by atomic mass is 32.1. The van der Waals surface area contributed by atoms with Crippen LogP contribution >= 0.6 is 11.3 Å². The van der Waals surface area contributed by atoms with E-state index < -0.39 is 0 Å². The highest BCUT2D eigenvalue weighted by Gasteiger charge is 2.16. The second kappa shape index (κ2) is 6.80. The van der Waals surface area contributed by atoms with Gasteiger partial charge < -0.3 is 10.6 Å². The van der Waals surface area contributed by atoms with Crippen LogP contribution in [0.1, 0.15) is 26.5 Å². The molecule has 0 aliphatic rings. The van der Waals surface area contributed by atoms with E-state index >= 15 is 0 Å². The molecule has 0 radical (unpaired) electrons. The number of nitrogens with one attached hydrogen (secondary N) is 2. The first kappa shape index (κ1) is 16.1. The van der Waals surface area contributed by atoms with E-state index in [2.05, 4.69) is 20.6 Å². The lowest BCUT2D eigenvalue weighted by Crippen LogP contribution is -2.11. The largest absolute Gasteiger partial charge is 0.321 e. The van der Waals surface area contributed by atoms with Gasteiger partial charge in [0.1, 0.15) is 10.7 Å². The molecule has 2 aromatic heterocycles. The molecule has 5 nitrogen and oxygen atoms in total. The zero-order chi connectivity index (χ0) is 17.1. The van der Waals surface area contributed by atoms with E-state index in [9.17, 15) is 4.79 Å². The highest BCUT2D eigenvalue weighted by molar-refractivity contribution is 7.17. The molecule has 3 rings (SSSR count). The van der Waals surface area contributed by atoms with Gasteiger partial charge in [-0.05, 0) is 50.6 Å². The molecule has 0 fully saturated rings. The third kappa shape index (κ3) is 3.78. The molecule has 1 amide bonds. The topological polar surface area (TPSA) is 66.9 Å². The minimum absolute atomic E-state index is 0.154. The summed E-state index contributed by atoms with van der Waals surface area (Å²) >= 11 is 1.32. The van der Waals surface area contributed by atoms with Crippen molar-refractivity contribution in [1.82, 2.24) is 9.97 Å². The molecular weight excluding hydrogens is 320 g/mol. The van der Waals surface area contributed by atoms with Crippen molar-refractivity contribution in [3.63, 3.8) is 0 Å². The lowest BCUT2D eigenvalue weighted by molar-refractivity contribution is 0.103. The Labute approximate surface area is 144 Å². The third-order valence-electron chi connectivity index (χ3n) is 3.46. The number of hydrogen-bond donors (Lipinski definition) is 2. The van der Waals surface area contributed by atoms with Crippen LogP contribution in [0.5, 0.6) is 0 Å². The number of thiazole rings is 1. The van der Waals surface area contributed by atoms with Gasteiger partial charge in [0, 0.05) is 11.9 Å². The monoisotopic (exact) mass is 338 g/mol. The maximum absolute atomic E-state index is 12.5. The van der Waals surface area contributed by atoms with E-state index in [1.165, 1.54) is 11.3 Å². The SMILES string of the molecule is Cc1ccc(NC(=O)c2sc(Nc3cc(C)ccn3)nc2C)cc1. The summed E-state index contributed by atoms with van der Waals surface area (Å²) in [5, 5.41) is 6.70. The van der Waals surface area contributed by atoms with Crippen molar-refractivity contribution in [3.8, 4) is 0 Å². The maximum atomic E-state index is 12.5. The number of hydrogen-bond acceptors (Lipinski definition) is 5. The molecule has 3 aromatic rings. The number of pyridine rings is 1. The predicted octanol–water partition coefficient (Wildman–Crippen LogP) is 4.46. The first-order valence-electron chi connectivity index (χ1n) is 7.56. The fraction of sp³-hybridized carbons (Fsp3) is 0.167. The molecule has 2 N–H and O–H groups in total. The molecule has 0 unspecified atom stereocenters. The van der Waals surface area contributed by atoms with Crippen LogP contribution in [0.25, 0.3) is 0 Å². The predicted molar refractivity (Wildman–Crippen MR) is 98.2 cm³/mol. The first-order valence-corrected chi connectivity index (χ1v) is 8.38. The summed E-state index contributed by atoms with van der Waals surface area (Å²) in [4.78, 5) is 21.7. The van der Waals surface area contributed by atoms with Crippen molar-refractivity contribution in [2.45, 2.75) is 20.8 Å². The van der Waals surface area contributed by atoms with Gasteiger partial charge in [0.05, 0.1) is 5.69 Å². The van der Waals surface area contributed by atoms with Crippen LogP contribution < -0.4 is 10.6 Å². The standard InChI is InChI=1S/C18H18N4OS/c1-11-4-6-14(7-5-11)21-17(23)16-13(3)20-18(24-16)22-15-10-12(2)8-9-19-15/h4-10H,1-3H3,(H,21,23)(H,19,20,22). The van der Waals surface area contributed by atoms with Gasteiger partial charge in [0.25, 0.3) is 5.91 Å². The Hall–Kier alpha value is -2.73. The molecule has 24 heavy (non-hydrogen) atoms. The fourth-order valence-corrected chi connectivity index (χ4v) is 3.07. The Balaban J connectivity index is 1.75. The normalized spacial score (nSPS) is 10.5. The van der Waals surface area contributed by atoms with Crippen LogP contribution in [0.15, 0.2) is 42.6 Å². The number of aryl methyl sites for hydroxylation is 3. The highest BCUT2D eigenvalue weighted by Crippen LogP contribution is 2.26. The Morgan fingerprint density at radius 3 is 2.50 bits per heavy atom. The molecule has 0 atom stereocenters. The summed E-state index contributed by atoms with van der Waals surface area (Å²) < 4.78 is 0. The van der Waals surface area contributed by atoms with Crippen molar-refractivity contribution >= 4 is 33.9 Å². The zero-order valence-electron chi connectivity index (χ0n) is 13.8. The van der Waals surface area contributed by atoms with Gasteiger partial charge in [-0.3, -0.25) is 4.79 Å². The van der Waals surface area contributed by atoms with Crippen molar-refractivity contribution in [1.29, 1.82) is 0 Å². The van der Waals surface area contributed by atoms with Gasteiger partial charge in [0.15, 0.2) is 5.13 Å². The van der Waals surface area contributed by atoms with Crippen LogP contribution in [0.4, 0.5) is 16.6 Å². The molecule has 6 heteroatoms. The minimum atomic E-state index is -0.154. The summed E-state index contributed by atoms with van der Waals surface area (Å²) in [5.74, 6) is 0.563. The smallest absolute Gasteiger partial charge is 0.267 e. The molecule has 0 aliphatic heterocycles. The molecule has 1 aromatic carbocycles. The molecule has 122 valence electrons. The number of aromatic nitrogens is 2. The van der Waals surface area contributed by atoms with Gasteiger partial charge in [-0.25, -0.2) is 9.97 Å². The number of nitrogens with zero attached hydrogens (tertiary/aromatic N) is 2. The maximum Gasteiger partial charge on any atom is 0.267 e. The van der Waals surface area contributed by atoms with Crippen molar-refractivity contribution < 1.29 is 4.79 Å². The van der Waals surface area contributed by atoms with Crippen molar-refractivity contribution in [2.75, 3.05) is 10.6 Å². The Kier molecular flexibility index (Phi) is 4.57. The Morgan fingerprint density at radius 1 is 1.04 bits per heavy atom. The number of benzene rings is 1. The van der Waals surface area contributed by atoms with E-state index in [-0.39, 0.29) is 5.91 Å². The van der Waals surface area contributed by atoms with E-state index in [1.54, 1.807) is 6.20 Å². The molecule has 0 bridgehead atoms. The van der Waals surface area contributed by atoms with Crippen LogP contribution in [-0.4, -0.2) is 15.9 Å². The molecule has 2 heterocycles. The van der Waals surface area contributed by atoms with Gasteiger partial charge in [-0.1, -0.05) is 29.0 Å².